The van der Waals surface area contributed by atoms with Gasteiger partial charge in [0.25, 0.3) is 0 Å². The van der Waals surface area contributed by atoms with Gasteiger partial charge in [0.1, 0.15) is 0 Å². The van der Waals surface area contributed by atoms with Gasteiger partial charge in [-0.2, -0.15) is 0 Å². The molecule has 3 nitrogen and oxygen atoms in total. The number of halogens is 2. The first-order valence-electron chi connectivity index (χ1n) is 7.53. The molecular weight excluding hydrogens is 392 g/mol. The van der Waals surface area contributed by atoms with Crippen molar-refractivity contribution in [1.82, 2.24) is 0 Å². The van der Waals surface area contributed by atoms with Crippen molar-refractivity contribution in [2.45, 2.75) is 13.3 Å². The van der Waals surface area contributed by atoms with Crippen LogP contribution in [0, 0.1) is 0 Å². The summed E-state index contributed by atoms with van der Waals surface area (Å²) in [5.41, 5.74) is 1.38. The average Bonchev–Trinajstić information content (AvgIpc) is 2.58. The van der Waals surface area contributed by atoms with Crippen molar-refractivity contribution in [3.8, 4) is 11.5 Å². The number of methoxy groups -OCH3 is 1. The molecule has 2 aromatic rings. The minimum absolute atomic E-state index is 0.112. The highest BCUT2D eigenvalue weighted by Gasteiger charge is 2.11. The monoisotopic (exact) mass is 408 g/mol. The van der Waals surface area contributed by atoms with Gasteiger partial charge in [-0.25, -0.2) is 0 Å². The van der Waals surface area contributed by atoms with Crippen LogP contribution in [-0.4, -0.2) is 19.5 Å². The van der Waals surface area contributed by atoms with Gasteiger partial charge in [0.05, 0.1) is 18.2 Å². The van der Waals surface area contributed by atoms with E-state index in [1.54, 1.807) is 37.5 Å². The first-order valence-corrected chi connectivity index (χ1v) is 8.70. The molecule has 0 atom stereocenters. The van der Waals surface area contributed by atoms with E-state index in [4.69, 9.17) is 21.1 Å². The number of rotatable bonds is 7. The first kappa shape index (κ1) is 18.6. The van der Waals surface area contributed by atoms with Crippen LogP contribution in [0.5, 0.6) is 11.5 Å². The third-order valence-corrected chi connectivity index (χ3v) is 4.06. The van der Waals surface area contributed by atoms with Crippen molar-refractivity contribution >= 4 is 39.4 Å². The molecule has 0 saturated heterocycles. The molecule has 0 unspecified atom stereocenters. The van der Waals surface area contributed by atoms with Gasteiger partial charge in [-0.05, 0) is 58.3 Å². The lowest BCUT2D eigenvalue weighted by atomic mass is 10.1. The van der Waals surface area contributed by atoms with E-state index >= 15 is 0 Å². The Bertz CT molecular complexity index is 756. The van der Waals surface area contributed by atoms with Gasteiger partial charge in [-0.15, -0.1) is 0 Å². The molecule has 0 N–H and O–H groups in total. The average molecular weight is 410 g/mol. The van der Waals surface area contributed by atoms with Crippen LogP contribution in [0.1, 0.15) is 29.3 Å². The first-order chi connectivity index (χ1) is 11.5. The maximum atomic E-state index is 12.2. The molecule has 0 aromatic heterocycles. The van der Waals surface area contributed by atoms with Gasteiger partial charge in [0.15, 0.2) is 17.3 Å². The van der Waals surface area contributed by atoms with Gasteiger partial charge < -0.3 is 9.47 Å². The molecule has 24 heavy (non-hydrogen) atoms. The van der Waals surface area contributed by atoms with E-state index in [0.29, 0.717) is 28.7 Å². The van der Waals surface area contributed by atoms with Crippen molar-refractivity contribution in [2.75, 3.05) is 13.7 Å². The van der Waals surface area contributed by atoms with E-state index in [1.807, 2.05) is 19.1 Å². The Morgan fingerprint density at radius 2 is 2.08 bits per heavy atom. The summed E-state index contributed by atoms with van der Waals surface area (Å²) in [4.78, 5) is 12.2. The predicted octanol–water partition coefficient (Wildman–Crippen LogP) is 5.80. The minimum atomic E-state index is -0.112. The largest absolute Gasteiger partial charge is 0.493 e. The molecule has 0 saturated carbocycles. The van der Waals surface area contributed by atoms with E-state index in [1.165, 1.54) is 6.08 Å². The van der Waals surface area contributed by atoms with Crippen LogP contribution in [0.15, 0.2) is 46.9 Å². The van der Waals surface area contributed by atoms with Gasteiger partial charge in [-0.1, -0.05) is 36.7 Å². The smallest absolute Gasteiger partial charge is 0.185 e. The van der Waals surface area contributed by atoms with Gasteiger partial charge in [0, 0.05) is 10.6 Å². The van der Waals surface area contributed by atoms with Crippen molar-refractivity contribution in [2.24, 2.45) is 0 Å². The van der Waals surface area contributed by atoms with E-state index < -0.39 is 0 Å². The molecule has 2 rings (SSSR count). The zero-order chi connectivity index (χ0) is 17.5. The van der Waals surface area contributed by atoms with Gasteiger partial charge in [-0.3, -0.25) is 4.79 Å². The predicted molar refractivity (Wildman–Crippen MR) is 101 cm³/mol. The second kappa shape index (κ2) is 8.90. The SMILES string of the molecule is CCCOc1c(Br)cc(/C=C/C(=O)c2cccc(Cl)c2)cc1OC. The Kier molecular flexibility index (Phi) is 6.88. The highest BCUT2D eigenvalue weighted by atomic mass is 79.9. The number of carbonyl (C=O) groups excluding carboxylic acids is 1. The molecule has 126 valence electrons. The lowest BCUT2D eigenvalue weighted by molar-refractivity contribution is 0.104. The Labute approximate surface area is 155 Å². The van der Waals surface area contributed by atoms with Crippen molar-refractivity contribution < 1.29 is 14.3 Å². The Morgan fingerprint density at radius 3 is 2.75 bits per heavy atom. The molecule has 5 heteroatoms. The summed E-state index contributed by atoms with van der Waals surface area (Å²) in [5.74, 6) is 1.17. The van der Waals surface area contributed by atoms with E-state index in [0.717, 1.165) is 16.5 Å². The third kappa shape index (κ3) is 4.86. The number of allylic oxidation sites excluding steroid dienone is 1. The second-order valence-electron chi connectivity index (χ2n) is 5.09. The molecule has 0 bridgehead atoms. The minimum Gasteiger partial charge on any atom is -0.493 e. The number of ketones is 1. The van der Waals surface area contributed by atoms with Crippen LogP contribution >= 0.6 is 27.5 Å². The van der Waals surface area contributed by atoms with Crippen LogP contribution in [0.2, 0.25) is 5.02 Å². The molecule has 2 aromatic carbocycles. The molecular formula is C19H18BrClO3. The number of ether oxygens (including phenoxy) is 2. The maximum Gasteiger partial charge on any atom is 0.185 e. The summed E-state index contributed by atoms with van der Waals surface area (Å²) < 4.78 is 11.9. The lowest BCUT2D eigenvalue weighted by Crippen LogP contribution is -1.99. The Morgan fingerprint density at radius 1 is 1.29 bits per heavy atom. The van der Waals surface area contributed by atoms with E-state index in [9.17, 15) is 4.79 Å². The zero-order valence-corrected chi connectivity index (χ0v) is 15.9. The highest BCUT2D eigenvalue weighted by molar-refractivity contribution is 9.10. The van der Waals surface area contributed by atoms with Crippen molar-refractivity contribution in [3.63, 3.8) is 0 Å². The Balaban J connectivity index is 2.23. The number of hydrogen-bond acceptors (Lipinski definition) is 3. The van der Waals surface area contributed by atoms with Crippen LogP contribution < -0.4 is 9.47 Å². The summed E-state index contributed by atoms with van der Waals surface area (Å²) in [5, 5.41) is 0.538. The standard InChI is InChI=1S/C19H18BrClO3/c1-3-9-24-19-16(20)10-13(11-18(19)23-2)7-8-17(22)14-5-4-6-15(21)12-14/h4-8,10-12H,3,9H2,1-2H3/b8-7+. The van der Waals surface area contributed by atoms with Gasteiger partial charge >= 0.3 is 0 Å². The molecule has 0 aliphatic rings. The summed E-state index contributed by atoms with van der Waals surface area (Å²) >= 11 is 9.40. The van der Waals surface area contributed by atoms with Crippen LogP contribution in [0.4, 0.5) is 0 Å². The number of hydrogen-bond donors (Lipinski definition) is 0. The van der Waals surface area contributed by atoms with Crippen molar-refractivity contribution in [1.29, 1.82) is 0 Å². The molecule has 0 radical (unpaired) electrons. The third-order valence-electron chi connectivity index (χ3n) is 3.24. The molecule has 0 fully saturated rings. The zero-order valence-electron chi connectivity index (χ0n) is 13.5. The highest BCUT2D eigenvalue weighted by Crippen LogP contribution is 2.37. The summed E-state index contributed by atoms with van der Waals surface area (Å²) in [7, 11) is 1.59. The number of carbonyl (C=O) groups is 1. The molecule has 0 aliphatic carbocycles. The molecule has 0 aliphatic heterocycles. The van der Waals surface area contributed by atoms with Gasteiger partial charge in [0.2, 0.25) is 0 Å². The second-order valence-corrected chi connectivity index (χ2v) is 6.38. The quantitative estimate of drug-likeness (QED) is 0.428. The number of benzene rings is 2. The fourth-order valence-electron chi connectivity index (χ4n) is 2.09. The lowest BCUT2D eigenvalue weighted by Gasteiger charge is -2.12. The van der Waals surface area contributed by atoms with Crippen LogP contribution in [-0.2, 0) is 0 Å². The van der Waals surface area contributed by atoms with Crippen LogP contribution in [0.3, 0.4) is 0 Å². The topological polar surface area (TPSA) is 35.5 Å². The molecule has 0 amide bonds. The maximum absolute atomic E-state index is 12.2. The van der Waals surface area contributed by atoms with E-state index in [-0.39, 0.29) is 5.78 Å². The molecule has 0 spiro atoms. The van der Waals surface area contributed by atoms with Crippen molar-refractivity contribution in [3.05, 3.63) is 63.1 Å². The fraction of sp³-hybridized carbons (Fsp3) is 0.211. The Hall–Kier alpha value is -1.78. The summed E-state index contributed by atoms with van der Waals surface area (Å²) in [6.45, 7) is 2.65. The normalized spacial score (nSPS) is 10.8. The summed E-state index contributed by atoms with van der Waals surface area (Å²) in [6.07, 6.45) is 4.16. The fourth-order valence-corrected chi connectivity index (χ4v) is 2.85. The molecule has 0 heterocycles. The van der Waals surface area contributed by atoms with E-state index in [2.05, 4.69) is 15.9 Å². The summed E-state index contributed by atoms with van der Waals surface area (Å²) in [6, 6.07) is 10.6. The van der Waals surface area contributed by atoms with Crippen LogP contribution in [0.25, 0.3) is 6.08 Å².